The molecule has 1 atom stereocenters. The van der Waals surface area contributed by atoms with Gasteiger partial charge in [0.2, 0.25) is 0 Å². The van der Waals surface area contributed by atoms with E-state index in [1.165, 1.54) is 11.8 Å². The van der Waals surface area contributed by atoms with Crippen molar-refractivity contribution in [1.82, 2.24) is 19.7 Å². The molecule has 1 aromatic carbocycles. The average molecular weight is 338 g/mol. The monoisotopic (exact) mass is 338 g/mol. The van der Waals surface area contributed by atoms with Crippen LogP contribution < -0.4 is 0 Å². The highest BCUT2D eigenvalue weighted by Gasteiger charge is 2.20. The van der Waals surface area contributed by atoms with Crippen molar-refractivity contribution in [3.05, 3.63) is 59.9 Å². The molecule has 5 nitrogen and oxygen atoms in total. The smallest absolute Gasteiger partial charge is 0.191 e. The minimum atomic E-state index is -0.239. The minimum Gasteiger partial charge on any atom is -0.305 e. The number of carbonyl (C=O) groups excluding carboxylic acids is 1. The maximum atomic E-state index is 12.6. The van der Waals surface area contributed by atoms with Gasteiger partial charge in [-0.05, 0) is 26.0 Å². The molecule has 0 saturated carbocycles. The van der Waals surface area contributed by atoms with Gasteiger partial charge in [0, 0.05) is 30.6 Å². The Morgan fingerprint density at radius 3 is 2.58 bits per heavy atom. The lowest BCUT2D eigenvalue weighted by molar-refractivity contribution is 0.0994. The molecule has 0 bridgehead atoms. The summed E-state index contributed by atoms with van der Waals surface area (Å²) in [4.78, 5) is 16.7. The van der Waals surface area contributed by atoms with Crippen molar-refractivity contribution in [2.75, 3.05) is 0 Å². The van der Waals surface area contributed by atoms with Crippen LogP contribution in [0.4, 0.5) is 0 Å². The Kier molecular flexibility index (Phi) is 4.76. The summed E-state index contributed by atoms with van der Waals surface area (Å²) in [6, 6.07) is 11.4. The van der Waals surface area contributed by atoms with Crippen LogP contribution in [0.15, 0.2) is 53.9 Å². The molecule has 0 N–H and O–H groups in total. The number of carbonyl (C=O) groups is 1. The second-order valence-corrected chi connectivity index (χ2v) is 6.91. The van der Waals surface area contributed by atoms with Crippen LogP contribution in [0, 0.1) is 6.92 Å². The van der Waals surface area contributed by atoms with Gasteiger partial charge in [-0.3, -0.25) is 9.78 Å². The van der Waals surface area contributed by atoms with Gasteiger partial charge in [-0.25, -0.2) is 0 Å². The van der Waals surface area contributed by atoms with Crippen molar-refractivity contribution in [2.45, 2.75) is 24.3 Å². The number of benzene rings is 1. The highest BCUT2D eigenvalue weighted by Crippen LogP contribution is 2.27. The molecule has 0 fully saturated rings. The Morgan fingerprint density at radius 2 is 1.92 bits per heavy atom. The largest absolute Gasteiger partial charge is 0.305 e. The number of nitrogens with zero attached hydrogens (tertiary/aromatic N) is 4. The van der Waals surface area contributed by atoms with E-state index in [9.17, 15) is 4.79 Å². The number of aryl methyl sites for hydroxylation is 1. The predicted molar refractivity (Wildman–Crippen MR) is 95.1 cm³/mol. The van der Waals surface area contributed by atoms with Crippen LogP contribution in [0.3, 0.4) is 0 Å². The quantitative estimate of drug-likeness (QED) is 0.526. The molecule has 24 heavy (non-hydrogen) atoms. The Bertz CT molecular complexity index is 843. The van der Waals surface area contributed by atoms with Gasteiger partial charge >= 0.3 is 0 Å². The van der Waals surface area contributed by atoms with E-state index in [-0.39, 0.29) is 11.0 Å². The van der Waals surface area contributed by atoms with Crippen molar-refractivity contribution in [1.29, 1.82) is 0 Å². The molecule has 0 saturated heterocycles. The summed E-state index contributed by atoms with van der Waals surface area (Å²) >= 11 is 1.41. The molecule has 3 aromatic rings. The van der Waals surface area contributed by atoms with Crippen molar-refractivity contribution in [3.8, 4) is 11.4 Å². The number of aromatic nitrogens is 4. The zero-order valence-electron chi connectivity index (χ0n) is 13.8. The Balaban J connectivity index is 1.78. The third-order valence-corrected chi connectivity index (χ3v) is 4.88. The summed E-state index contributed by atoms with van der Waals surface area (Å²) in [6.07, 6.45) is 3.47. The fraction of sp³-hybridized carbons (Fsp3) is 0.222. The number of ketones is 1. The van der Waals surface area contributed by atoms with Crippen LogP contribution in [0.5, 0.6) is 0 Å². The van der Waals surface area contributed by atoms with E-state index in [0.29, 0.717) is 5.16 Å². The highest BCUT2D eigenvalue weighted by molar-refractivity contribution is 8.00. The van der Waals surface area contributed by atoms with E-state index in [2.05, 4.69) is 15.2 Å². The maximum absolute atomic E-state index is 12.6. The zero-order chi connectivity index (χ0) is 17.1. The van der Waals surface area contributed by atoms with Gasteiger partial charge < -0.3 is 4.57 Å². The second-order valence-electron chi connectivity index (χ2n) is 5.60. The van der Waals surface area contributed by atoms with Gasteiger partial charge in [0.05, 0.1) is 5.25 Å². The molecule has 3 rings (SSSR count). The Hall–Kier alpha value is -2.47. The van der Waals surface area contributed by atoms with Crippen LogP contribution in [0.1, 0.15) is 22.8 Å². The molecule has 0 aliphatic carbocycles. The molecule has 0 radical (unpaired) electrons. The third kappa shape index (κ3) is 3.38. The third-order valence-electron chi connectivity index (χ3n) is 3.74. The minimum absolute atomic E-state index is 0.0888. The first-order valence-corrected chi connectivity index (χ1v) is 8.51. The molecule has 1 unspecified atom stereocenters. The van der Waals surface area contributed by atoms with E-state index in [4.69, 9.17) is 0 Å². The number of pyridine rings is 1. The lowest BCUT2D eigenvalue weighted by Gasteiger charge is -2.10. The van der Waals surface area contributed by atoms with Gasteiger partial charge in [-0.1, -0.05) is 41.6 Å². The summed E-state index contributed by atoms with van der Waals surface area (Å²) in [5.74, 6) is 0.825. The van der Waals surface area contributed by atoms with Gasteiger partial charge in [-0.15, -0.1) is 10.2 Å². The van der Waals surface area contributed by atoms with E-state index in [0.717, 1.165) is 22.5 Å². The van der Waals surface area contributed by atoms with Crippen molar-refractivity contribution in [3.63, 3.8) is 0 Å². The topological polar surface area (TPSA) is 60.7 Å². The van der Waals surface area contributed by atoms with E-state index >= 15 is 0 Å². The summed E-state index contributed by atoms with van der Waals surface area (Å²) in [6.45, 7) is 3.90. The van der Waals surface area contributed by atoms with Crippen molar-refractivity contribution in [2.24, 2.45) is 7.05 Å². The number of thioether (sulfide) groups is 1. The molecule has 2 heterocycles. The van der Waals surface area contributed by atoms with Crippen LogP contribution in [-0.4, -0.2) is 30.8 Å². The molecular weight excluding hydrogens is 320 g/mol. The Labute approximate surface area is 145 Å². The second kappa shape index (κ2) is 6.97. The number of Topliss-reactive ketones (excluding diaryl/α,β-unsaturated/α-hetero) is 1. The van der Waals surface area contributed by atoms with E-state index in [1.54, 1.807) is 12.4 Å². The number of rotatable bonds is 5. The zero-order valence-corrected chi connectivity index (χ0v) is 14.6. The van der Waals surface area contributed by atoms with Crippen molar-refractivity contribution < 1.29 is 4.79 Å². The van der Waals surface area contributed by atoms with Crippen molar-refractivity contribution >= 4 is 17.5 Å². The van der Waals surface area contributed by atoms with Crippen LogP contribution in [0.2, 0.25) is 0 Å². The van der Waals surface area contributed by atoms with Gasteiger partial charge in [0.1, 0.15) is 0 Å². The van der Waals surface area contributed by atoms with E-state index in [1.807, 2.05) is 61.9 Å². The Morgan fingerprint density at radius 1 is 1.17 bits per heavy atom. The van der Waals surface area contributed by atoms with Gasteiger partial charge in [0.25, 0.3) is 0 Å². The fourth-order valence-electron chi connectivity index (χ4n) is 2.33. The first-order valence-electron chi connectivity index (χ1n) is 7.63. The number of hydrogen-bond acceptors (Lipinski definition) is 5. The number of hydrogen-bond donors (Lipinski definition) is 0. The summed E-state index contributed by atoms with van der Waals surface area (Å²) in [5, 5.41) is 8.91. The van der Waals surface area contributed by atoms with Gasteiger partial charge in [0.15, 0.2) is 16.8 Å². The predicted octanol–water partition coefficient (Wildman–Crippen LogP) is 3.55. The average Bonchev–Trinajstić information content (AvgIpc) is 2.96. The van der Waals surface area contributed by atoms with E-state index < -0.39 is 0 Å². The molecular formula is C18H18N4OS. The van der Waals surface area contributed by atoms with Crippen LogP contribution in [-0.2, 0) is 7.05 Å². The standard InChI is InChI=1S/C18H18N4OS/c1-12-6-8-14(9-7-12)16(23)13(2)24-18-21-20-17(22(18)3)15-5-4-10-19-11-15/h4-11,13H,1-3H3. The molecule has 6 heteroatoms. The van der Waals surface area contributed by atoms with Gasteiger partial charge in [-0.2, -0.15) is 0 Å². The lowest BCUT2D eigenvalue weighted by atomic mass is 10.1. The molecule has 0 aliphatic heterocycles. The van der Waals surface area contributed by atoms with Crippen LogP contribution in [0.25, 0.3) is 11.4 Å². The molecule has 0 aliphatic rings. The molecule has 2 aromatic heterocycles. The highest BCUT2D eigenvalue weighted by atomic mass is 32.2. The molecule has 0 spiro atoms. The summed E-state index contributed by atoms with van der Waals surface area (Å²) in [5.41, 5.74) is 2.76. The summed E-state index contributed by atoms with van der Waals surface area (Å²) in [7, 11) is 1.90. The maximum Gasteiger partial charge on any atom is 0.191 e. The fourth-order valence-corrected chi connectivity index (χ4v) is 3.22. The molecule has 0 amide bonds. The molecule has 122 valence electrons. The normalized spacial score (nSPS) is 12.1. The summed E-state index contributed by atoms with van der Waals surface area (Å²) < 4.78 is 1.89. The first kappa shape index (κ1) is 16.4. The first-order chi connectivity index (χ1) is 11.6. The van der Waals surface area contributed by atoms with Crippen LogP contribution >= 0.6 is 11.8 Å². The SMILES string of the molecule is Cc1ccc(C(=O)C(C)Sc2nnc(-c3cccnc3)n2C)cc1. The lowest BCUT2D eigenvalue weighted by Crippen LogP contribution is -2.14.